The van der Waals surface area contributed by atoms with Crippen LogP contribution in [-0.2, 0) is 11.3 Å². The number of amides is 3. The van der Waals surface area contributed by atoms with Crippen molar-refractivity contribution in [1.29, 1.82) is 0 Å². The first-order valence-corrected chi connectivity index (χ1v) is 9.03. The van der Waals surface area contributed by atoms with Gasteiger partial charge in [-0.2, -0.15) is 4.98 Å². The van der Waals surface area contributed by atoms with Crippen LogP contribution in [0.1, 0.15) is 50.9 Å². The van der Waals surface area contributed by atoms with E-state index in [9.17, 15) is 9.59 Å². The van der Waals surface area contributed by atoms with E-state index in [1.165, 1.54) is 4.90 Å². The highest BCUT2D eigenvalue weighted by atomic mass is 16.5. The van der Waals surface area contributed by atoms with Gasteiger partial charge in [-0.25, -0.2) is 4.79 Å². The molecule has 3 rings (SSSR count). The number of carbonyl (C=O) groups is 2. The highest BCUT2D eigenvalue weighted by Gasteiger charge is 2.50. The fourth-order valence-electron chi connectivity index (χ4n) is 3.41. The SMILES string of the molecule is CCCC1(CCC)NC(=O)N(Cc2noc(-c3ccc(C)cc3)n2)C1=O. The van der Waals surface area contributed by atoms with E-state index in [2.05, 4.69) is 15.5 Å². The van der Waals surface area contributed by atoms with Gasteiger partial charge in [-0.05, 0) is 31.9 Å². The van der Waals surface area contributed by atoms with Crippen LogP contribution < -0.4 is 5.32 Å². The highest BCUT2D eigenvalue weighted by molar-refractivity contribution is 6.06. The number of hydrogen-bond donors (Lipinski definition) is 1. The zero-order valence-corrected chi connectivity index (χ0v) is 15.4. The van der Waals surface area contributed by atoms with Gasteiger partial charge in [-0.3, -0.25) is 9.69 Å². The molecule has 0 unspecified atom stereocenters. The standard InChI is InChI=1S/C19H24N4O3/c1-4-10-19(11-5-2)17(24)23(18(25)21-19)12-15-20-16(26-22-15)14-8-6-13(3)7-9-14/h6-9H,4-5,10-12H2,1-3H3,(H,21,25). The topological polar surface area (TPSA) is 88.3 Å². The molecule has 26 heavy (non-hydrogen) atoms. The van der Waals surface area contributed by atoms with Gasteiger partial charge < -0.3 is 9.84 Å². The normalized spacial score (nSPS) is 16.2. The molecule has 0 aliphatic carbocycles. The molecule has 0 spiro atoms. The largest absolute Gasteiger partial charge is 0.334 e. The molecule has 1 aromatic heterocycles. The van der Waals surface area contributed by atoms with E-state index in [-0.39, 0.29) is 12.5 Å². The zero-order chi connectivity index (χ0) is 18.7. The summed E-state index contributed by atoms with van der Waals surface area (Å²) in [5.74, 6) is 0.487. The number of urea groups is 1. The van der Waals surface area contributed by atoms with Gasteiger partial charge in [0, 0.05) is 5.56 Å². The third kappa shape index (κ3) is 3.34. The summed E-state index contributed by atoms with van der Waals surface area (Å²) in [5, 5.41) is 6.81. The average Bonchev–Trinajstić information content (AvgIpc) is 3.16. The van der Waals surface area contributed by atoms with Crippen molar-refractivity contribution in [3.05, 3.63) is 35.7 Å². The van der Waals surface area contributed by atoms with Crippen molar-refractivity contribution in [3.8, 4) is 11.5 Å². The van der Waals surface area contributed by atoms with Gasteiger partial charge in [0.05, 0.1) is 6.54 Å². The summed E-state index contributed by atoms with van der Waals surface area (Å²) in [5.41, 5.74) is 1.14. The van der Waals surface area contributed by atoms with Gasteiger partial charge in [0.1, 0.15) is 5.54 Å². The Hall–Kier alpha value is -2.70. The van der Waals surface area contributed by atoms with Gasteiger partial charge in [0.15, 0.2) is 5.82 Å². The van der Waals surface area contributed by atoms with Gasteiger partial charge in [0.2, 0.25) is 0 Å². The molecule has 7 heteroatoms. The second kappa shape index (κ2) is 7.27. The Labute approximate surface area is 152 Å². The van der Waals surface area contributed by atoms with E-state index >= 15 is 0 Å². The monoisotopic (exact) mass is 356 g/mol. The van der Waals surface area contributed by atoms with E-state index in [0.717, 1.165) is 24.0 Å². The van der Waals surface area contributed by atoms with Gasteiger partial charge in [-0.1, -0.05) is 49.5 Å². The van der Waals surface area contributed by atoms with Crippen molar-refractivity contribution >= 4 is 11.9 Å². The maximum absolute atomic E-state index is 12.9. The number of imide groups is 1. The van der Waals surface area contributed by atoms with Crippen LogP contribution in [0, 0.1) is 6.92 Å². The maximum atomic E-state index is 12.9. The third-order valence-electron chi connectivity index (χ3n) is 4.67. The smallest absolute Gasteiger partial charge is 0.325 e. The first-order valence-electron chi connectivity index (χ1n) is 9.03. The van der Waals surface area contributed by atoms with Crippen LogP contribution in [0.5, 0.6) is 0 Å². The second-order valence-corrected chi connectivity index (χ2v) is 6.79. The van der Waals surface area contributed by atoms with Crippen molar-refractivity contribution in [2.24, 2.45) is 0 Å². The number of benzene rings is 1. The number of nitrogens with zero attached hydrogens (tertiary/aromatic N) is 3. The van der Waals surface area contributed by atoms with E-state index in [4.69, 9.17) is 4.52 Å². The Morgan fingerprint density at radius 1 is 1.12 bits per heavy atom. The summed E-state index contributed by atoms with van der Waals surface area (Å²) >= 11 is 0. The van der Waals surface area contributed by atoms with Crippen molar-refractivity contribution in [1.82, 2.24) is 20.4 Å². The van der Waals surface area contributed by atoms with Crippen LogP contribution in [-0.4, -0.2) is 32.5 Å². The Morgan fingerprint density at radius 3 is 2.38 bits per heavy atom. The van der Waals surface area contributed by atoms with Gasteiger partial charge in [-0.15, -0.1) is 0 Å². The molecule has 1 aliphatic rings. The lowest BCUT2D eigenvalue weighted by molar-refractivity contribution is -0.132. The van der Waals surface area contributed by atoms with Crippen LogP contribution in [0.25, 0.3) is 11.5 Å². The number of rotatable bonds is 7. The number of hydrogen-bond acceptors (Lipinski definition) is 5. The molecule has 0 radical (unpaired) electrons. The number of carbonyl (C=O) groups excluding carboxylic acids is 2. The minimum absolute atomic E-state index is 0.00913. The molecule has 0 atom stereocenters. The lowest BCUT2D eigenvalue weighted by Gasteiger charge is -2.25. The lowest BCUT2D eigenvalue weighted by Crippen LogP contribution is -2.46. The summed E-state index contributed by atoms with van der Waals surface area (Å²) in [6.07, 6.45) is 2.89. The quantitative estimate of drug-likeness (QED) is 0.768. The molecule has 1 aliphatic heterocycles. The molecule has 138 valence electrons. The van der Waals surface area contributed by atoms with E-state index in [1.54, 1.807) is 0 Å². The van der Waals surface area contributed by atoms with Crippen LogP contribution in [0.15, 0.2) is 28.8 Å². The third-order valence-corrected chi connectivity index (χ3v) is 4.67. The molecule has 1 fully saturated rings. The molecule has 2 aromatic rings. The predicted molar refractivity (Wildman–Crippen MR) is 96.1 cm³/mol. The zero-order valence-electron chi connectivity index (χ0n) is 15.4. The molecule has 0 saturated carbocycles. The Bertz CT molecular complexity index is 791. The molecular formula is C19H24N4O3. The number of aromatic nitrogens is 2. The fourth-order valence-corrected chi connectivity index (χ4v) is 3.41. The predicted octanol–water partition coefficient (Wildman–Crippen LogP) is 3.44. The molecule has 2 heterocycles. The minimum atomic E-state index is -0.801. The first-order chi connectivity index (χ1) is 12.5. The van der Waals surface area contributed by atoms with Crippen LogP contribution in [0.4, 0.5) is 4.79 Å². The Morgan fingerprint density at radius 2 is 1.77 bits per heavy atom. The summed E-state index contributed by atoms with van der Waals surface area (Å²) in [6, 6.07) is 7.32. The summed E-state index contributed by atoms with van der Waals surface area (Å²) in [7, 11) is 0. The van der Waals surface area contributed by atoms with Gasteiger partial charge >= 0.3 is 6.03 Å². The fraction of sp³-hybridized carbons (Fsp3) is 0.474. The molecule has 7 nitrogen and oxygen atoms in total. The van der Waals surface area contributed by atoms with E-state index in [0.29, 0.717) is 24.6 Å². The molecule has 3 amide bonds. The highest BCUT2D eigenvalue weighted by Crippen LogP contribution is 2.29. The van der Waals surface area contributed by atoms with Crippen LogP contribution >= 0.6 is 0 Å². The van der Waals surface area contributed by atoms with E-state index < -0.39 is 11.6 Å². The maximum Gasteiger partial charge on any atom is 0.325 e. The summed E-state index contributed by atoms with van der Waals surface area (Å²) in [6.45, 7) is 6.02. The molecular weight excluding hydrogens is 332 g/mol. The van der Waals surface area contributed by atoms with Crippen molar-refractivity contribution in [2.45, 2.75) is 58.5 Å². The molecule has 1 aromatic carbocycles. The van der Waals surface area contributed by atoms with Crippen molar-refractivity contribution in [2.75, 3.05) is 0 Å². The lowest BCUT2D eigenvalue weighted by atomic mass is 9.88. The molecule has 1 saturated heterocycles. The summed E-state index contributed by atoms with van der Waals surface area (Å²) < 4.78 is 5.29. The first kappa shape index (κ1) is 18.1. The Balaban J connectivity index is 1.77. The average molecular weight is 356 g/mol. The van der Waals surface area contributed by atoms with E-state index in [1.807, 2.05) is 45.0 Å². The number of nitrogens with one attached hydrogen (secondary N) is 1. The molecule has 1 N–H and O–H groups in total. The summed E-state index contributed by atoms with van der Waals surface area (Å²) in [4.78, 5) is 30.8. The molecule has 0 bridgehead atoms. The van der Waals surface area contributed by atoms with Gasteiger partial charge in [0.25, 0.3) is 11.8 Å². The van der Waals surface area contributed by atoms with Crippen LogP contribution in [0.3, 0.4) is 0 Å². The van der Waals surface area contributed by atoms with Crippen LogP contribution in [0.2, 0.25) is 0 Å². The second-order valence-electron chi connectivity index (χ2n) is 6.79. The number of aryl methyl sites for hydroxylation is 1. The Kier molecular flexibility index (Phi) is 5.06. The van der Waals surface area contributed by atoms with Crippen molar-refractivity contribution < 1.29 is 14.1 Å². The minimum Gasteiger partial charge on any atom is -0.334 e. The van der Waals surface area contributed by atoms with Crippen molar-refractivity contribution in [3.63, 3.8) is 0 Å².